The number of pyridine rings is 1. The monoisotopic (exact) mass is 349 g/mol. The van der Waals surface area contributed by atoms with Gasteiger partial charge >= 0.3 is 6.18 Å². The number of nitrogens with zero attached hydrogens (tertiary/aromatic N) is 2. The largest absolute Gasteiger partial charge is 0.416 e. The summed E-state index contributed by atoms with van der Waals surface area (Å²) in [7, 11) is 0. The van der Waals surface area contributed by atoms with Gasteiger partial charge in [-0.25, -0.2) is 4.99 Å². The minimum atomic E-state index is -4.45. The molecule has 1 aromatic carbocycles. The maximum atomic E-state index is 12.8. The number of nitrogens with one attached hydrogen (secondary N) is 1. The summed E-state index contributed by atoms with van der Waals surface area (Å²) in [6.07, 6.45) is 0.476. The number of aliphatic imine (C=N–C) groups is 1. The fourth-order valence-corrected chi connectivity index (χ4v) is 2.74. The standard InChI is InChI=1S/C16H10F3N3OS/c17-16(18,19)11-4-1-5-12(8-11)21-14-13(24-15(23)22-14)7-10-3-2-6-20-9-10/h1-9H,(H,21,22,23). The molecule has 122 valence electrons. The molecule has 1 aromatic heterocycles. The van der Waals surface area contributed by atoms with Crippen LogP contribution in [0.1, 0.15) is 11.1 Å². The molecule has 0 saturated carbocycles. The van der Waals surface area contributed by atoms with Crippen molar-refractivity contribution in [3.63, 3.8) is 0 Å². The lowest BCUT2D eigenvalue weighted by molar-refractivity contribution is -0.137. The van der Waals surface area contributed by atoms with E-state index in [0.29, 0.717) is 4.91 Å². The first-order chi connectivity index (χ1) is 11.4. The molecule has 1 saturated heterocycles. The van der Waals surface area contributed by atoms with Crippen LogP contribution in [0.4, 0.5) is 23.7 Å². The lowest BCUT2D eigenvalue weighted by Gasteiger charge is -2.07. The van der Waals surface area contributed by atoms with E-state index in [1.54, 1.807) is 30.6 Å². The average Bonchev–Trinajstić information content (AvgIpc) is 2.87. The Kier molecular flexibility index (Phi) is 4.39. The summed E-state index contributed by atoms with van der Waals surface area (Å²) in [5, 5.41) is 2.20. The van der Waals surface area contributed by atoms with Gasteiger partial charge in [0.15, 0.2) is 0 Å². The highest BCUT2D eigenvalue weighted by Crippen LogP contribution is 2.33. The van der Waals surface area contributed by atoms with E-state index >= 15 is 0 Å². The number of aromatic nitrogens is 1. The Bertz CT molecular complexity index is 832. The number of alkyl halides is 3. The van der Waals surface area contributed by atoms with Gasteiger partial charge in [-0.15, -0.1) is 0 Å². The molecule has 1 aliphatic heterocycles. The molecular weight excluding hydrogens is 339 g/mol. The van der Waals surface area contributed by atoms with Crippen molar-refractivity contribution in [2.45, 2.75) is 6.18 Å². The van der Waals surface area contributed by atoms with E-state index in [9.17, 15) is 18.0 Å². The van der Waals surface area contributed by atoms with Gasteiger partial charge in [-0.05, 0) is 47.7 Å². The summed E-state index contributed by atoms with van der Waals surface area (Å²) in [5.74, 6) is 0.216. The van der Waals surface area contributed by atoms with Gasteiger partial charge in [-0.3, -0.25) is 9.78 Å². The Labute approximate surface area is 139 Å². The summed E-state index contributed by atoms with van der Waals surface area (Å²) in [5.41, 5.74) is 0.0760. The highest BCUT2D eigenvalue weighted by atomic mass is 32.2. The van der Waals surface area contributed by atoms with Crippen molar-refractivity contribution in [1.82, 2.24) is 10.3 Å². The number of halogens is 3. The van der Waals surface area contributed by atoms with Crippen molar-refractivity contribution in [2.24, 2.45) is 4.99 Å². The van der Waals surface area contributed by atoms with E-state index in [2.05, 4.69) is 15.3 Å². The Morgan fingerprint density at radius 1 is 1.21 bits per heavy atom. The summed E-state index contributed by atoms with van der Waals surface area (Å²) >= 11 is 0.928. The number of amides is 1. The minimum Gasteiger partial charge on any atom is -0.300 e. The fourth-order valence-electron chi connectivity index (χ4n) is 2.01. The maximum absolute atomic E-state index is 12.8. The van der Waals surface area contributed by atoms with Gasteiger partial charge in [-0.1, -0.05) is 12.1 Å². The first kappa shape index (κ1) is 16.3. The van der Waals surface area contributed by atoms with Crippen LogP contribution < -0.4 is 5.32 Å². The van der Waals surface area contributed by atoms with Crippen LogP contribution in [-0.2, 0) is 6.18 Å². The normalized spacial score (nSPS) is 18.2. The molecule has 1 amide bonds. The van der Waals surface area contributed by atoms with Crippen LogP contribution >= 0.6 is 11.8 Å². The van der Waals surface area contributed by atoms with Crippen LogP contribution in [0.15, 0.2) is 58.7 Å². The summed E-state index contributed by atoms with van der Waals surface area (Å²) in [4.78, 5) is 20.2. The Morgan fingerprint density at radius 3 is 2.75 bits per heavy atom. The zero-order valence-corrected chi connectivity index (χ0v) is 12.9. The van der Waals surface area contributed by atoms with Crippen LogP contribution in [0, 0.1) is 0 Å². The van der Waals surface area contributed by atoms with E-state index in [1.165, 1.54) is 12.1 Å². The molecule has 4 nitrogen and oxygen atoms in total. The smallest absolute Gasteiger partial charge is 0.300 e. The second-order valence-corrected chi connectivity index (χ2v) is 5.83. The number of amidine groups is 1. The van der Waals surface area contributed by atoms with Crippen LogP contribution in [0.5, 0.6) is 0 Å². The minimum absolute atomic E-state index is 0.111. The van der Waals surface area contributed by atoms with Crippen molar-refractivity contribution in [3.05, 3.63) is 64.8 Å². The number of hydrogen-bond donors (Lipinski definition) is 1. The second kappa shape index (κ2) is 6.48. The van der Waals surface area contributed by atoms with Crippen molar-refractivity contribution in [1.29, 1.82) is 0 Å². The van der Waals surface area contributed by atoms with Gasteiger partial charge in [0, 0.05) is 12.4 Å². The Morgan fingerprint density at radius 2 is 2.04 bits per heavy atom. The van der Waals surface area contributed by atoms with Gasteiger partial charge in [0.05, 0.1) is 16.2 Å². The van der Waals surface area contributed by atoms with E-state index in [1.807, 2.05) is 0 Å². The molecule has 0 atom stereocenters. The third kappa shape index (κ3) is 3.83. The predicted molar refractivity (Wildman–Crippen MR) is 86.9 cm³/mol. The molecule has 0 spiro atoms. The number of hydrogen-bond acceptors (Lipinski definition) is 4. The SMILES string of the molecule is O=C1NC(=Nc2cccc(C(F)(F)F)c2)C(=Cc2cccnc2)S1. The summed E-state index contributed by atoms with van der Waals surface area (Å²) < 4.78 is 38.3. The highest BCUT2D eigenvalue weighted by Gasteiger charge is 2.30. The lowest BCUT2D eigenvalue weighted by Crippen LogP contribution is -2.18. The molecule has 2 aromatic rings. The van der Waals surface area contributed by atoms with Crippen LogP contribution in [0.2, 0.25) is 0 Å². The third-order valence-electron chi connectivity index (χ3n) is 3.05. The zero-order valence-electron chi connectivity index (χ0n) is 12.0. The van der Waals surface area contributed by atoms with Crippen molar-refractivity contribution >= 4 is 34.6 Å². The fraction of sp³-hybridized carbons (Fsp3) is 0.0625. The molecule has 1 N–H and O–H groups in total. The molecule has 0 radical (unpaired) electrons. The number of thioether (sulfide) groups is 1. The van der Waals surface area contributed by atoms with E-state index in [-0.39, 0.29) is 16.8 Å². The van der Waals surface area contributed by atoms with Crippen molar-refractivity contribution < 1.29 is 18.0 Å². The number of carbonyl (C=O) groups is 1. The molecule has 0 unspecified atom stereocenters. The molecule has 24 heavy (non-hydrogen) atoms. The lowest BCUT2D eigenvalue weighted by atomic mass is 10.2. The second-order valence-electron chi connectivity index (χ2n) is 4.82. The Hall–Kier alpha value is -2.61. The molecule has 3 rings (SSSR count). The van der Waals surface area contributed by atoms with Gasteiger partial charge in [0.2, 0.25) is 0 Å². The molecule has 8 heteroatoms. The van der Waals surface area contributed by atoms with Crippen molar-refractivity contribution in [3.8, 4) is 0 Å². The first-order valence-electron chi connectivity index (χ1n) is 6.79. The van der Waals surface area contributed by atoms with E-state index < -0.39 is 11.7 Å². The Balaban J connectivity index is 1.96. The molecule has 1 aliphatic rings. The van der Waals surface area contributed by atoms with Gasteiger partial charge < -0.3 is 5.32 Å². The van der Waals surface area contributed by atoms with Crippen molar-refractivity contribution in [2.75, 3.05) is 0 Å². The van der Waals surface area contributed by atoms with Gasteiger partial charge in [-0.2, -0.15) is 13.2 Å². The number of benzene rings is 1. The quantitative estimate of drug-likeness (QED) is 0.860. The predicted octanol–water partition coefficient (Wildman–Crippen LogP) is 4.63. The summed E-state index contributed by atoms with van der Waals surface area (Å²) in [6.45, 7) is 0. The van der Waals surface area contributed by atoms with E-state index in [4.69, 9.17) is 0 Å². The molecule has 2 heterocycles. The molecular formula is C16H10F3N3OS. The highest BCUT2D eigenvalue weighted by molar-refractivity contribution is 8.18. The molecule has 0 aliphatic carbocycles. The zero-order chi connectivity index (χ0) is 17.2. The average molecular weight is 349 g/mol. The molecule has 0 bridgehead atoms. The van der Waals surface area contributed by atoms with E-state index in [0.717, 1.165) is 29.5 Å². The topological polar surface area (TPSA) is 54.4 Å². The summed E-state index contributed by atoms with van der Waals surface area (Å²) in [6, 6.07) is 8.16. The molecule has 1 fully saturated rings. The number of carbonyl (C=O) groups excluding carboxylic acids is 1. The van der Waals surface area contributed by atoms with Crippen LogP contribution in [0.3, 0.4) is 0 Å². The maximum Gasteiger partial charge on any atom is 0.416 e. The first-order valence-corrected chi connectivity index (χ1v) is 7.60. The van der Waals surface area contributed by atoms with Crippen LogP contribution in [-0.4, -0.2) is 16.1 Å². The van der Waals surface area contributed by atoms with Gasteiger partial charge in [0.25, 0.3) is 5.24 Å². The third-order valence-corrected chi connectivity index (χ3v) is 3.87. The van der Waals surface area contributed by atoms with Gasteiger partial charge in [0.1, 0.15) is 5.84 Å². The van der Waals surface area contributed by atoms with Crippen LogP contribution in [0.25, 0.3) is 6.08 Å². The number of rotatable bonds is 2.